The van der Waals surface area contributed by atoms with Gasteiger partial charge in [-0.15, -0.1) is 0 Å². The normalized spacial score (nSPS) is 28.9. The molecule has 1 atom stereocenters. The fourth-order valence-corrected chi connectivity index (χ4v) is 3.98. The fraction of sp³-hybridized carbons (Fsp3) is 0.857. The molecular formula is C7H13NO2Sn. The number of hydrogen-bond donors (Lipinski definition) is 0. The van der Waals surface area contributed by atoms with Gasteiger partial charge in [-0.2, -0.15) is 0 Å². The van der Waals surface area contributed by atoms with Gasteiger partial charge in [0, 0.05) is 0 Å². The Kier molecular flexibility index (Phi) is 2.37. The van der Waals surface area contributed by atoms with Crippen molar-refractivity contribution in [1.29, 1.82) is 0 Å². The molecule has 1 heterocycles. The van der Waals surface area contributed by atoms with Crippen LogP contribution >= 0.6 is 0 Å². The summed E-state index contributed by atoms with van der Waals surface area (Å²) >= 11 is -0.692. The van der Waals surface area contributed by atoms with E-state index >= 15 is 0 Å². The Balaban J connectivity index is 2.84. The van der Waals surface area contributed by atoms with Crippen LogP contribution in [0.3, 0.4) is 0 Å². The maximum absolute atomic E-state index is 11.2. The second-order valence-electron chi connectivity index (χ2n) is 3.24. The first-order valence-corrected chi connectivity index (χ1v) is 7.81. The van der Waals surface area contributed by atoms with E-state index in [0.717, 1.165) is 0 Å². The monoisotopic (exact) mass is 263 g/mol. The van der Waals surface area contributed by atoms with Crippen molar-refractivity contribution >= 4 is 27.5 Å². The molecule has 1 fully saturated rings. The van der Waals surface area contributed by atoms with E-state index in [2.05, 4.69) is 18.8 Å². The number of carbonyl (C=O) groups excluding carboxylic acids is 1. The summed E-state index contributed by atoms with van der Waals surface area (Å²) in [6, 6.07) is 0. The fourth-order valence-electron chi connectivity index (χ4n) is 1.14. The van der Waals surface area contributed by atoms with Gasteiger partial charge in [0.1, 0.15) is 0 Å². The van der Waals surface area contributed by atoms with E-state index < -0.39 is 21.4 Å². The molecule has 2 radical (unpaired) electrons. The van der Waals surface area contributed by atoms with Gasteiger partial charge < -0.3 is 0 Å². The Morgan fingerprint density at radius 1 is 1.64 bits per heavy atom. The standard InChI is InChI=1S/C6H11NO2.CH3.Sn/c1-4-6(2,3)7-5(8)9-4;;/h4H,1-3H3,(H,7,8);1H3;/q;;+1/p-1. The van der Waals surface area contributed by atoms with Gasteiger partial charge in [0.15, 0.2) is 0 Å². The molecule has 0 saturated carbocycles. The number of nitrogens with zero attached hydrogens (tertiary/aromatic N) is 1. The van der Waals surface area contributed by atoms with E-state index in [1.807, 2.05) is 10.0 Å². The Bertz CT molecular complexity index is 181. The quantitative estimate of drug-likeness (QED) is 0.666. The predicted octanol–water partition coefficient (Wildman–Crippen LogP) is 1.27. The average molecular weight is 262 g/mol. The van der Waals surface area contributed by atoms with Crippen LogP contribution in [0.15, 0.2) is 0 Å². The van der Waals surface area contributed by atoms with E-state index in [0.29, 0.717) is 0 Å². The van der Waals surface area contributed by atoms with Gasteiger partial charge in [0.2, 0.25) is 0 Å². The first kappa shape index (κ1) is 9.16. The summed E-state index contributed by atoms with van der Waals surface area (Å²) < 4.78 is 7.03. The minimum absolute atomic E-state index is 0.0378. The van der Waals surface area contributed by atoms with Crippen LogP contribution in [0.2, 0.25) is 4.94 Å². The van der Waals surface area contributed by atoms with E-state index in [9.17, 15) is 4.79 Å². The van der Waals surface area contributed by atoms with Crippen LogP contribution in [0.1, 0.15) is 20.8 Å². The molecule has 0 N–H and O–H groups in total. The summed E-state index contributed by atoms with van der Waals surface area (Å²) in [5, 5.41) is 0. The number of hydrogen-bond acceptors (Lipinski definition) is 2. The van der Waals surface area contributed by atoms with E-state index in [1.54, 1.807) is 0 Å². The number of amides is 1. The third-order valence-electron chi connectivity index (χ3n) is 2.25. The van der Waals surface area contributed by atoms with Gasteiger partial charge in [0.25, 0.3) is 0 Å². The van der Waals surface area contributed by atoms with Gasteiger partial charge in [0.05, 0.1) is 0 Å². The van der Waals surface area contributed by atoms with Gasteiger partial charge in [-0.1, -0.05) is 0 Å². The second-order valence-corrected chi connectivity index (χ2v) is 5.79. The number of ether oxygens (including phenoxy) is 1. The Morgan fingerprint density at radius 2 is 2.18 bits per heavy atom. The summed E-state index contributed by atoms with van der Waals surface area (Å²) in [5.74, 6) is 0. The molecule has 1 unspecified atom stereocenters. The minimum atomic E-state index is -0.692. The first-order chi connectivity index (χ1) is 5.00. The van der Waals surface area contributed by atoms with Crippen LogP contribution in [-0.2, 0) is 4.74 Å². The molecule has 11 heavy (non-hydrogen) atoms. The Hall–Kier alpha value is 0.0687. The zero-order valence-electron chi connectivity index (χ0n) is 7.34. The average Bonchev–Trinajstić information content (AvgIpc) is 2.04. The molecule has 4 heteroatoms. The van der Waals surface area contributed by atoms with Gasteiger partial charge in [-0.05, 0) is 0 Å². The van der Waals surface area contributed by atoms with Crippen LogP contribution in [-0.4, -0.2) is 42.3 Å². The molecule has 1 rings (SSSR count). The summed E-state index contributed by atoms with van der Waals surface area (Å²) in [5.41, 5.74) is -0.0714. The molecule has 0 aromatic heterocycles. The van der Waals surface area contributed by atoms with Gasteiger partial charge >= 0.3 is 77.5 Å². The van der Waals surface area contributed by atoms with Crippen LogP contribution in [0.4, 0.5) is 4.79 Å². The van der Waals surface area contributed by atoms with Gasteiger partial charge in [-0.25, -0.2) is 0 Å². The Morgan fingerprint density at radius 3 is 2.36 bits per heavy atom. The first-order valence-electron chi connectivity index (χ1n) is 3.68. The van der Waals surface area contributed by atoms with Crippen molar-refractivity contribution < 1.29 is 9.53 Å². The summed E-state index contributed by atoms with van der Waals surface area (Å²) in [6.07, 6.45) is -0.0764. The number of carbonyl (C=O) groups is 1. The molecule has 62 valence electrons. The number of cyclic esters (lactones) is 1. The van der Waals surface area contributed by atoms with Crippen molar-refractivity contribution in [3.8, 4) is 0 Å². The zero-order valence-corrected chi connectivity index (χ0v) is 10.2. The molecule has 0 bridgehead atoms. The molecule has 3 nitrogen and oxygen atoms in total. The predicted molar refractivity (Wildman–Crippen MR) is 43.5 cm³/mol. The summed E-state index contributed by atoms with van der Waals surface area (Å²) in [6.45, 7) is 6.08. The van der Waals surface area contributed by atoms with Crippen molar-refractivity contribution in [2.24, 2.45) is 0 Å². The number of rotatable bonds is 1. The molecule has 1 saturated heterocycles. The molecular weight excluding hydrogens is 249 g/mol. The van der Waals surface area contributed by atoms with Crippen molar-refractivity contribution in [3.63, 3.8) is 0 Å². The van der Waals surface area contributed by atoms with E-state index in [4.69, 9.17) is 4.74 Å². The van der Waals surface area contributed by atoms with Crippen LogP contribution in [0.5, 0.6) is 0 Å². The Labute approximate surface area is 77.7 Å². The van der Waals surface area contributed by atoms with Crippen LogP contribution in [0, 0.1) is 0 Å². The van der Waals surface area contributed by atoms with E-state index in [-0.39, 0.29) is 17.7 Å². The van der Waals surface area contributed by atoms with Crippen molar-refractivity contribution in [2.75, 3.05) is 0 Å². The molecule has 0 aromatic rings. The SMILES string of the molecule is [CH3][Sn][N]1C(=O)OC(C)C1(C)C. The van der Waals surface area contributed by atoms with Crippen molar-refractivity contribution in [2.45, 2.75) is 37.4 Å². The zero-order chi connectivity index (χ0) is 8.65. The molecule has 0 aliphatic carbocycles. The summed E-state index contributed by atoms with van der Waals surface area (Å²) in [7, 11) is 0. The van der Waals surface area contributed by atoms with Crippen LogP contribution in [0.25, 0.3) is 0 Å². The third kappa shape index (κ3) is 1.35. The molecule has 1 aliphatic rings. The topological polar surface area (TPSA) is 29.5 Å². The molecule has 1 amide bonds. The molecule has 0 spiro atoms. The van der Waals surface area contributed by atoms with Crippen molar-refractivity contribution in [3.05, 3.63) is 0 Å². The van der Waals surface area contributed by atoms with E-state index in [1.165, 1.54) is 0 Å². The second kappa shape index (κ2) is 2.84. The van der Waals surface area contributed by atoms with Crippen molar-refractivity contribution in [1.82, 2.24) is 3.12 Å². The molecule has 0 aromatic carbocycles. The van der Waals surface area contributed by atoms with Crippen LogP contribution < -0.4 is 0 Å². The third-order valence-corrected chi connectivity index (χ3v) is 5.70. The van der Waals surface area contributed by atoms with Gasteiger partial charge in [-0.3, -0.25) is 0 Å². The maximum atomic E-state index is 11.2. The summed E-state index contributed by atoms with van der Waals surface area (Å²) in [4.78, 5) is 13.3. The molecule has 1 aliphatic heterocycles.